The van der Waals surface area contributed by atoms with Crippen molar-refractivity contribution in [3.8, 4) is 0 Å². The number of ether oxygens (including phenoxy) is 1. The number of hydrogen-bond donors (Lipinski definition) is 0. The van der Waals surface area contributed by atoms with Gasteiger partial charge in [0.1, 0.15) is 0 Å². The molecule has 0 radical (unpaired) electrons. The minimum absolute atomic E-state index is 0.107. The van der Waals surface area contributed by atoms with E-state index in [2.05, 4.69) is 4.74 Å². The molecule has 0 N–H and O–H groups in total. The van der Waals surface area contributed by atoms with Crippen LogP contribution in [0.2, 0.25) is 0 Å². The normalized spacial score (nSPS) is 13.1. The van der Waals surface area contributed by atoms with E-state index in [1.54, 1.807) is 7.05 Å². The third-order valence-corrected chi connectivity index (χ3v) is 1.61. The lowest BCUT2D eigenvalue weighted by Crippen LogP contribution is -2.39. The predicted molar refractivity (Wildman–Crippen MR) is 39.7 cm³/mol. The molecule has 11 heavy (non-hydrogen) atoms. The summed E-state index contributed by atoms with van der Waals surface area (Å²) in [6, 6.07) is 0.107. The van der Waals surface area contributed by atoms with Crippen LogP contribution in [-0.4, -0.2) is 37.8 Å². The van der Waals surface area contributed by atoms with E-state index < -0.39 is 6.11 Å². The van der Waals surface area contributed by atoms with Gasteiger partial charge in [-0.3, -0.25) is 4.90 Å². The number of likely N-dealkylation sites (N-methyl/N-ethyl adjacent to an activating group) is 1. The molecule has 0 heterocycles. The summed E-state index contributed by atoms with van der Waals surface area (Å²) in [5.74, 6) is 0. The summed E-state index contributed by atoms with van der Waals surface area (Å²) in [6.45, 7) is 3.35. The second kappa shape index (κ2) is 3.97. The summed E-state index contributed by atoms with van der Waals surface area (Å²) in [5, 5.41) is 0. The van der Waals surface area contributed by atoms with E-state index in [9.17, 15) is 8.78 Å². The maximum Gasteiger partial charge on any atom is 0.368 e. The first-order valence-corrected chi connectivity index (χ1v) is 3.52. The number of nitrogens with zero attached hydrogens (tertiary/aromatic N) is 1. The summed E-state index contributed by atoms with van der Waals surface area (Å²) in [6.07, 6.45) is -3.03. The average Bonchev–Trinajstić information content (AvgIpc) is 1.87. The SMILES string of the molecule is COC(F)(F)CN(C)C(C)C. The average molecular weight is 167 g/mol. The highest BCUT2D eigenvalue weighted by Gasteiger charge is 2.30. The fourth-order valence-electron chi connectivity index (χ4n) is 0.537. The Balaban J connectivity index is 3.83. The minimum atomic E-state index is -3.03. The Morgan fingerprint density at radius 1 is 1.45 bits per heavy atom. The van der Waals surface area contributed by atoms with Gasteiger partial charge in [-0.25, -0.2) is 0 Å². The van der Waals surface area contributed by atoms with Gasteiger partial charge < -0.3 is 4.74 Å². The first-order valence-electron chi connectivity index (χ1n) is 3.52. The van der Waals surface area contributed by atoms with Crippen molar-refractivity contribution in [2.75, 3.05) is 20.7 Å². The van der Waals surface area contributed by atoms with Crippen LogP contribution in [0, 0.1) is 0 Å². The van der Waals surface area contributed by atoms with E-state index in [4.69, 9.17) is 0 Å². The number of methoxy groups -OCH3 is 1. The van der Waals surface area contributed by atoms with Crippen molar-refractivity contribution in [1.82, 2.24) is 4.90 Å². The molecule has 68 valence electrons. The van der Waals surface area contributed by atoms with Crippen LogP contribution < -0.4 is 0 Å². The van der Waals surface area contributed by atoms with E-state index in [0.29, 0.717) is 0 Å². The highest BCUT2D eigenvalue weighted by atomic mass is 19.3. The van der Waals surface area contributed by atoms with Crippen molar-refractivity contribution >= 4 is 0 Å². The number of alkyl halides is 2. The van der Waals surface area contributed by atoms with Gasteiger partial charge in [0.15, 0.2) is 0 Å². The fourth-order valence-corrected chi connectivity index (χ4v) is 0.537. The van der Waals surface area contributed by atoms with Crippen molar-refractivity contribution in [3.63, 3.8) is 0 Å². The standard InChI is InChI=1S/C7H15F2NO/c1-6(2)10(3)5-7(8,9)11-4/h6H,5H2,1-4H3. The molecule has 0 atom stereocenters. The largest absolute Gasteiger partial charge is 0.368 e. The quantitative estimate of drug-likeness (QED) is 0.630. The maximum absolute atomic E-state index is 12.5. The second-order valence-electron chi connectivity index (χ2n) is 2.85. The van der Waals surface area contributed by atoms with E-state index in [1.165, 1.54) is 4.90 Å². The zero-order valence-corrected chi connectivity index (χ0v) is 7.40. The van der Waals surface area contributed by atoms with Gasteiger partial charge >= 0.3 is 6.11 Å². The minimum Gasteiger partial charge on any atom is -0.323 e. The van der Waals surface area contributed by atoms with Crippen molar-refractivity contribution in [1.29, 1.82) is 0 Å². The lowest BCUT2D eigenvalue weighted by Gasteiger charge is -2.25. The third kappa shape index (κ3) is 4.27. The Kier molecular flexibility index (Phi) is 3.89. The molecule has 0 aliphatic rings. The maximum atomic E-state index is 12.5. The molecule has 0 rings (SSSR count). The van der Waals surface area contributed by atoms with Crippen LogP contribution in [0.1, 0.15) is 13.8 Å². The summed E-state index contributed by atoms with van der Waals surface area (Å²) in [7, 11) is 2.64. The zero-order valence-electron chi connectivity index (χ0n) is 7.40. The highest BCUT2D eigenvalue weighted by molar-refractivity contribution is 4.62. The number of hydrogen-bond acceptors (Lipinski definition) is 2. The summed E-state index contributed by atoms with van der Waals surface area (Å²) in [4.78, 5) is 1.53. The number of rotatable bonds is 4. The molecule has 0 bridgehead atoms. The molecule has 4 heteroatoms. The molecule has 0 aliphatic heterocycles. The van der Waals surface area contributed by atoms with Gasteiger partial charge in [0.25, 0.3) is 0 Å². The molecule has 0 saturated carbocycles. The molecule has 0 unspecified atom stereocenters. The highest BCUT2D eigenvalue weighted by Crippen LogP contribution is 2.15. The van der Waals surface area contributed by atoms with Gasteiger partial charge in [-0.15, -0.1) is 0 Å². The van der Waals surface area contributed by atoms with Crippen LogP contribution in [0.4, 0.5) is 8.78 Å². The van der Waals surface area contributed by atoms with Crippen molar-refractivity contribution < 1.29 is 13.5 Å². The lowest BCUT2D eigenvalue weighted by molar-refractivity contribution is -0.231. The van der Waals surface area contributed by atoms with Crippen molar-refractivity contribution in [2.24, 2.45) is 0 Å². The molecule has 0 fully saturated rings. The van der Waals surface area contributed by atoms with Gasteiger partial charge in [0.2, 0.25) is 0 Å². The zero-order chi connectivity index (χ0) is 9.07. The van der Waals surface area contributed by atoms with E-state index in [1.807, 2.05) is 13.8 Å². The predicted octanol–water partition coefficient (Wildman–Crippen LogP) is 1.57. The molecule has 0 aromatic heterocycles. The summed E-state index contributed by atoms with van der Waals surface area (Å²) >= 11 is 0. The van der Waals surface area contributed by atoms with Crippen LogP contribution in [0.15, 0.2) is 0 Å². The molecule has 0 amide bonds. The topological polar surface area (TPSA) is 12.5 Å². The number of halogens is 2. The van der Waals surface area contributed by atoms with Crippen molar-refractivity contribution in [3.05, 3.63) is 0 Å². The van der Waals surface area contributed by atoms with Crippen LogP contribution in [0.25, 0.3) is 0 Å². The van der Waals surface area contributed by atoms with Gasteiger partial charge in [0.05, 0.1) is 6.54 Å². The van der Waals surface area contributed by atoms with E-state index >= 15 is 0 Å². The van der Waals surface area contributed by atoms with Gasteiger partial charge in [-0.05, 0) is 20.9 Å². The molecular formula is C7H15F2NO. The Bertz CT molecular complexity index is 117. The molecule has 0 aromatic rings. The Morgan fingerprint density at radius 2 is 1.91 bits per heavy atom. The van der Waals surface area contributed by atoms with Crippen LogP contribution in [0.5, 0.6) is 0 Å². The molecular weight excluding hydrogens is 152 g/mol. The molecule has 2 nitrogen and oxygen atoms in total. The van der Waals surface area contributed by atoms with Gasteiger partial charge in [0, 0.05) is 13.2 Å². The Hall–Kier alpha value is -0.220. The second-order valence-corrected chi connectivity index (χ2v) is 2.85. The monoisotopic (exact) mass is 167 g/mol. The first-order chi connectivity index (χ1) is 4.89. The molecule has 0 spiro atoms. The summed E-state index contributed by atoms with van der Waals surface area (Å²) in [5.41, 5.74) is 0. The van der Waals surface area contributed by atoms with Crippen molar-refractivity contribution in [2.45, 2.75) is 26.0 Å². The van der Waals surface area contributed by atoms with E-state index in [-0.39, 0.29) is 12.6 Å². The summed E-state index contributed by atoms with van der Waals surface area (Å²) < 4.78 is 29.0. The first kappa shape index (κ1) is 10.8. The molecule has 0 saturated heterocycles. The van der Waals surface area contributed by atoms with Gasteiger partial charge in [-0.1, -0.05) is 0 Å². The molecule has 0 aromatic carbocycles. The lowest BCUT2D eigenvalue weighted by atomic mass is 10.3. The van der Waals surface area contributed by atoms with Crippen LogP contribution in [-0.2, 0) is 4.74 Å². The third-order valence-electron chi connectivity index (χ3n) is 1.61. The Labute approximate surface area is 66.1 Å². The van der Waals surface area contributed by atoms with Crippen LogP contribution in [0.3, 0.4) is 0 Å². The molecule has 0 aliphatic carbocycles. The van der Waals surface area contributed by atoms with E-state index in [0.717, 1.165) is 7.11 Å². The smallest absolute Gasteiger partial charge is 0.323 e. The Morgan fingerprint density at radius 3 is 2.18 bits per heavy atom. The van der Waals surface area contributed by atoms with Crippen LogP contribution >= 0.6 is 0 Å². The van der Waals surface area contributed by atoms with Gasteiger partial charge in [-0.2, -0.15) is 8.78 Å². The fraction of sp³-hybridized carbons (Fsp3) is 1.00.